The van der Waals surface area contributed by atoms with Gasteiger partial charge in [0.05, 0.1) is 6.61 Å². The van der Waals surface area contributed by atoms with Gasteiger partial charge >= 0.3 is 5.97 Å². The summed E-state index contributed by atoms with van der Waals surface area (Å²) in [6.07, 6.45) is 5.48. The highest BCUT2D eigenvalue weighted by atomic mass is 16.5. The SMILES string of the molecule is CCCCCCOC(=O)CCCNC(C)=O. The summed E-state index contributed by atoms with van der Waals surface area (Å²) in [5, 5.41) is 2.64. The lowest BCUT2D eigenvalue weighted by molar-refractivity contribution is -0.144. The van der Waals surface area contributed by atoms with E-state index in [1.54, 1.807) is 0 Å². The number of carbonyl (C=O) groups is 2. The van der Waals surface area contributed by atoms with Crippen LogP contribution in [0.15, 0.2) is 0 Å². The smallest absolute Gasteiger partial charge is 0.305 e. The van der Waals surface area contributed by atoms with Crippen molar-refractivity contribution in [1.29, 1.82) is 0 Å². The minimum atomic E-state index is -0.165. The molecular formula is C12H23NO3. The second-order valence-electron chi connectivity index (χ2n) is 3.87. The number of rotatable bonds is 9. The lowest BCUT2D eigenvalue weighted by Crippen LogP contribution is -2.21. The molecular weight excluding hydrogens is 206 g/mol. The highest BCUT2D eigenvalue weighted by Crippen LogP contribution is 2.00. The number of carbonyl (C=O) groups excluding carboxylic acids is 2. The van der Waals surface area contributed by atoms with E-state index in [4.69, 9.17) is 4.74 Å². The molecule has 0 aromatic rings. The number of ether oxygens (including phenoxy) is 1. The molecule has 0 aromatic heterocycles. The van der Waals surface area contributed by atoms with E-state index >= 15 is 0 Å². The van der Waals surface area contributed by atoms with Gasteiger partial charge in [-0.05, 0) is 12.8 Å². The summed E-state index contributed by atoms with van der Waals surface area (Å²) in [5.74, 6) is -0.227. The van der Waals surface area contributed by atoms with Crippen LogP contribution in [0.2, 0.25) is 0 Å². The molecule has 1 amide bonds. The van der Waals surface area contributed by atoms with Crippen LogP contribution in [-0.4, -0.2) is 25.0 Å². The van der Waals surface area contributed by atoms with E-state index in [0.717, 1.165) is 12.8 Å². The lowest BCUT2D eigenvalue weighted by Gasteiger charge is -2.04. The molecule has 0 aromatic carbocycles. The molecule has 94 valence electrons. The molecule has 4 heteroatoms. The van der Waals surface area contributed by atoms with Gasteiger partial charge in [-0.15, -0.1) is 0 Å². The van der Waals surface area contributed by atoms with Crippen LogP contribution in [0.5, 0.6) is 0 Å². The van der Waals surface area contributed by atoms with Crippen molar-refractivity contribution < 1.29 is 14.3 Å². The molecule has 0 saturated carbocycles. The number of amides is 1. The van der Waals surface area contributed by atoms with E-state index in [1.165, 1.54) is 19.8 Å². The molecule has 16 heavy (non-hydrogen) atoms. The van der Waals surface area contributed by atoms with Crippen molar-refractivity contribution in [2.75, 3.05) is 13.2 Å². The van der Waals surface area contributed by atoms with Crippen molar-refractivity contribution >= 4 is 11.9 Å². The molecule has 0 rings (SSSR count). The van der Waals surface area contributed by atoms with Crippen molar-refractivity contribution in [2.45, 2.75) is 52.4 Å². The maximum Gasteiger partial charge on any atom is 0.305 e. The first-order valence-electron chi connectivity index (χ1n) is 6.07. The molecule has 0 unspecified atom stereocenters. The topological polar surface area (TPSA) is 55.4 Å². The van der Waals surface area contributed by atoms with Gasteiger partial charge in [0, 0.05) is 19.9 Å². The van der Waals surface area contributed by atoms with Gasteiger partial charge < -0.3 is 10.1 Å². The van der Waals surface area contributed by atoms with Crippen molar-refractivity contribution in [3.8, 4) is 0 Å². The standard InChI is InChI=1S/C12H23NO3/c1-3-4-5-6-10-16-12(15)8-7-9-13-11(2)14/h3-10H2,1-2H3,(H,13,14). The summed E-state index contributed by atoms with van der Waals surface area (Å²) < 4.78 is 5.04. The molecule has 0 spiro atoms. The van der Waals surface area contributed by atoms with Gasteiger partial charge in [-0.3, -0.25) is 9.59 Å². The third-order valence-corrected chi connectivity index (χ3v) is 2.19. The van der Waals surface area contributed by atoms with Gasteiger partial charge in [-0.25, -0.2) is 0 Å². The number of nitrogens with one attached hydrogen (secondary N) is 1. The second kappa shape index (κ2) is 10.5. The molecule has 0 radical (unpaired) electrons. The first-order valence-corrected chi connectivity index (χ1v) is 6.07. The average molecular weight is 229 g/mol. The maximum atomic E-state index is 11.2. The Kier molecular flexibility index (Phi) is 9.76. The minimum absolute atomic E-state index is 0.0621. The zero-order chi connectivity index (χ0) is 12.2. The van der Waals surface area contributed by atoms with Crippen LogP contribution in [0.4, 0.5) is 0 Å². The van der Waals surface area contributed by atoms with Crippen LogP contribution in [0.3, 0.4) is 0 Å². The van der Waals surface area contributed by atoms with Crippen LogP contribution >= 0.6 is 0 Å². The summed E-state index contributed by atoms with van der Waals surface area (Å²) in [4.78, 5) is 21.7. The van der Waals surface area contributed by atoms with E-state index in [0.29, 0.717) is 26.0 Å². The predicted molar refractivity (Wildman–Crippen MR) is 63.0 cm³/mol. The average Bonchev–Trinajstić information content (AvgIpc) is 2.24. The van der Waals surface area contributed by atoms with Crippen LogP contribution in [0, 0.1) is 0 Å². The lowest BCUT2D eigenvalue weighted by atomic mass is 10.2. The summed E-state index contributed by atoms with van der Waals surface area (Å²) in [7, 11) is 0. The molecule has 0 fully saturated rings. The zero-order valence-electron chi connectivity index (χ0n) is 10.4. The van der Waals surface area contributed by atoms with Gasteiger partial charge in [0.1, 0.15) is 0 Å². The van der Waals surface area contributed by atoms with E-state index < -0.39 is 0 Å². The molecule has 0 heterocycles. The van der Waals surface area contributed by atoms with E-state index in [2.05, 4.69) is 12.2 Å². The normalized spacial score (nSPS) is 9.88. The molecule has 0 atom stereocenters. The fourth-order valence-corrected chi connectivity index (χ4v) is 1.28. The van der Waals surface area contributed by atoms with E-state index in [9.17, 15) is 9.59 Å². The molecule has 0 saturated heterocycles. The summed E-state index contributed by atoms with van der Waals surface area (Å²) in [6.45, 7) is 4.68. The van der Waals surface area contributed by atoms with Crippen molar-refractivity contribution in [2.24, 2.45) is 0 Å². The second-order valence-corrected chi connectivity index (χ2v) is 3.87. The van der Waals surface area contributed by atoms with E-state index in [1.807, 2.05) is 0 Å². The molecule has 0 aliphatic heterocycles. The molecule has 4 nitrogen and oxygen atoms in total. The zero-order valence-corrected chi connectivity index (χ0v) is 10.4. The summed E-state index contributed by atoms with van der Waals surface area (Å²) >= 11 is 0. The Labute approximate surface area is 97.7 Å². The largest absolute Gasteiger partial charge is 0.466 e. The Morgan fingerprint density at radius 2 is 1.88 bits per heavy atom. The molecule has 1 N–H and O–H groups in total. The van der Waals surface area contributed by atoms with Gasteiger partial charge in [-0.2, -0.15) is 0 Å². The van der Waals surface area contributed by atoms with Gasteiger partial charge in [0.15, 0.2) is 0 Å². The Balaban J connectivity index is 3.21. The third-order valence-electron chi connectivity index (χ3n) is 2.19. The fraction of sp³-hybridized carbons (Fsp3) is 0.833. The molecule has 0 aliphatic rings. The van der Waals surface area contributed by atoms with Crippen molar-refractivity contribution in [1.82, 2.24) is 5.32 Å². The van der Waals surface area contributed by atoms with E-state index in [-0.39, 0.29) is 11.9 Å². The summed E-state index contributed by atoms with van der Waals surface area (Å²) in [5.41, 5.74) is 0. The molecule has 0 bridgehead atoms. The first kappa shape index (κ1) is 14.9. The van der Waals surface area contributed by atoms with Crippen LogP contribution in [-0.2, 0) is 14.3 Å². The van der Waals surface area contributed by atoms with Crippen LogP contribution in [0.1, 0.15) is 52.4 Å². The Morgan fingerprint density at radius 1 is 1.12 bits per heavy atom. The number of hydrogen-bond acceptors (Lipinski definition) is 3. The highest BCUT2D eigenvalue weighted by Gasteiger charge is 2.02. The van der Waals surface area contributed by atoms with Gasteiger partial charge in [0.25, 0.3) is 0 Å². The van der Waals surface area contributed by atoms with Gasteiger partial charge in [0.2, 0.25) is 5.91 Å². The first-order chi connectivity index (χ1) is 7.66. The number of unbranched alkanes of at least 4 members (excludes halogenated alkanes) is 3. The fourth-order valence-electron chi connectivity index (χ4n) is 1.28. The maximum absolute atomic E-state index is 11.2. The van der Waals surface area contributed by atoms with Crippen LogP contribution < -0.4 is 5.32 Å². The Hall–Kier alpha value is -1.06. The monoisotopic (exact) mass is 229 g/mol. The van der Waals surface area contributed by atoms with Crippen LogP contribution in [0.25, 0.3) is 0 Å². The van der Waals surface area contributed by atoms with Gasteiger partial charge in [-0.1, -0.05) is 26.2 Å². The quantitative estimate of drug-likeness (QED) is 0.486. The molecule has 0 aliphatic carbocycles. The van der Waals surface area contributed by atoms with Crippen molar-refractivity contribution in [3.05, 3.63) is 0 Å². The Morgan fingerprint density at radius 3 is 2.50 bits per heavy atom. The number of hydrogen-bond donors (Lipinski definition) is 1. The minimum Gasteiger partial charge on any atom is -0.466 e. The van der Waals surface area contributed by atoms with Crippen molar-refractivity contribution in [3.63, 3.8) is 0 Å². The summed E-state index contributed by atoms with van der Waals surface area (Å²) in [6, 6.07) is 0. The Bertz CT molecular complexity index is 204. The third kappa shape index (κ3) is 11.0. The predicted octanol–water partition coefficient (Wildman–Crippen LogP) is 2.03. The number of esters is 1. The highest BCUT2D eigenvalue weighted by molar-refractivity contribution is 5.73.